The number of likely N-dealkylation sites (N-methyl/N-ethyl adjacent to an activating group) is 1. The molecule has 0 radical (unpaired) electrons. The molecule has 2 bridgehead atoms. The molecule has 0 amide bonds. The van der Waals surface area contributed by atoms with Crippen LogP contribution in [0.2, 0.25) is 0 Å². The van der Waals surface area contributed by atoms with Gasteiger partial charge in [-0.3, -0.25) is 4.90 Å². The standard InChI is InChI=1S/C17H19F2NO4/c1-20-12-6-11(7-13(20)15-14(12)24-15)23-16(22)17(19,8-21)9-3-2-4-10(18)5-9/h2-5,11-15,21H,6-8H2,1H3/t11?,12-,13+,14-,15+,17?. The minimum Gasteiger partial charge on any atom is -0.460 e. The van der Waals surface area contributed by atoms with E-state index in [4.69, 9.17) is 9.47 Å². The van der Waals surface area contributed by atoms with Gasteiger partial charge in [-0.1, -0.05) is 12.1 Å². The van der Waals surface area contributed by atoms with Crippen molar-refractivity contribution in [3.8, 4) is 0 Å². The van der Waals surface area contributed by atoms with Crippen LogP contribution >= 0.6 is 0 Å². The van der Waals surface area contributed by atoms with Gasteiger partial charge in [0.25, 0.3) is 5.67 Å². The van der Waals surface area contributed by atoms with Crippen molar-refractivity contribution in [2.24, 2.45) is 0 Å². The molecule has 0 aliphatic carbocycles. The highest BCUT2D eigenvalue weighted by Crippen LogP contribution is 2.48. The van der Waals surface area contributed by atoms with Gasteiger partial charge < -0.3 is 14.6 Å². The highest BCUT2D eigenvalue weighted by Gasteiger charge is 2.63. The van der Waals surface area contributed by atoms with Crippen molar-refractivity contribution in [3.05, 3.63) is 35.6 Å². The number of rotatable bonds is 4. The van der Waals surface area contributed by atoms with E-state index < -0.39 is 30.2 Å². The SMILES string of the molecule is CN1[C@@H]2CC(OC(=O)C(F)(CO)c3cccc(F)c3)C[C@H]1[C@@H]1O[C@@H]12. The molecule has 6 atom stereocenters. The molecule has 4 rings (SSSR count). The fourth-order valence-electron chi connectivity index (χ4n) is 4.05. The fraction of sp³-hybridized carbons (Fsp3) is 0.588. The second-order valence-electron chi connectivity index (χ2n) is 6.83. The topological polar surface area (TPSA) is 62.3 Å². The first-order valence-electron chi connectivity index (χ1n) is 8.08. The van der Waals surface area contributed by atoms with E-state index in [0.29, 0.717) is 12.8 Å². The van der Waals surface area contributed by atoms with Crippen LogP contribution in [-0.2, 0) is 19.9 Å². The molecule has 1 N–H and O–H groups in total. The predicted molar refractivity (Wildman–Crippen MR) is 79.4 cm³/mol. The minimum atomic E-state index is -2.76. The van der Waals surface area contributed by atoms with E-state index in [9.17, 15) is 14.3 Å². The van der Waals surface area contributed by atoms with E-state index in [1.54, 1.807) is 0 Å². The molecule has 0 saturated carbocycles. The Hall–Kier alpha value is -1.57. The average Bonchev–Trinajstić information content (AvgIpc) is 3.32. The number of esters is 1. The van der Waals surface area contributed by atoms with Crippen LogP contribution in [0.15, 0.2) is 24.3 Å². The van der Waals surface area contributed by atoms with E-state index in [2.05, 4.69) is 4.90 Å². The molecule has 3 fully saturated rings. The number of carbonyl (C=O) groups excluding carboxylic acids is 1. The molecule has 2 unspecified atom stereocenters. The molecule has 130 valence electrons. The largest absolute Gasteiger partial charge is 0.460 e. The van der Waals surface area contributed by atoms with Crippen LogP contribution in [0.4, 0.5) is 8.78 Å². The molecule has 24 heavy (non-hydrogen) atoms. The summed E-state index contributed by atoms with van der Waals surface area (Å²) in [6, 6.07) is 4.95. The van der Waals surface area contributed by atoms with Crippen molar-refractivity contribution in [1.29, 1.82) is 0 Å². The highest BCUT2D eigenvalue weighted by atomic mass is 19.1. The first-order chi connectivity index (χ1) is 11.4. The zero-order valence-electron chi connectivity index (χ0n) is 13.2. The number of hydrogen-bond donors (Lipinski definition) is 1. The van der Waals surface area contributed by atoms with Crippen molar-refractivity contribution in [2.45, 2.75) is 48.9 Å². The number of piperidine rings is 1. The maximum Gasteiger partial charge on any atom is 0.351 e. The molecule has 3 aliphatic rings. The van der Waals surface area contributed by atoms with Crippen LogP contribution in [0.25, 0.3) is 0 Å². The summed E-state index contributed by atoms with van der Waals surface area (Å²) < 4.78 is 39.3. The van der Waals surface area contributed by atoms with Crippen molar-refractivity contribution in [2.75, 3.05) is 13.7 Å². The van der Waals surface area contributed by atoms with Crippen LogP contribution < -0.4 is 0 Å². The van der Waals surface area contributed by atoms with Crippen molar-refractivity contribution in [3.63, 3.8) is 0 Å². The smallest absolute Gasteiger partial charge is 0.351 e. The lowest BCUT2D eigenvalue weighted by atomic mass is 9.95. The Morgan fingerprint density at radius 1 is 1.42 bits per heavy atom. The number of morpholine rings is 1. The summed E-state index contributed by atoms with van der Waals surface area (Å²) in [5.74, 6) is -1.84. The summed E-state index contributed by atoms with van der Waals surface area (Å²) in [4.78, 5) is 14.6. The van der Waals surface area contributed by atoms with Gasteiger partial charge in [-0.25, -0.2) is 13.6 Å². The number of aliphatic hydroxyl groups excluding tert-OH is 1. The van der Waals surface area contributed by atoms with Crippen LogP contribution in [0.3, 0.4) is 0 Å². The Morgan fingerprint density at radius 3 is 2.67 bits per heavy atom. The number of fused-ring (bicyclic) bond motifs is 5. The Kier molecular flexibility index (Phi) is 3.63. The zero-order chi connectivity index (χ0) is 17.1. The fourth-order valence-corrected chi connectivity index (χ4v) is 4.05. The van der Waals surface area contributed by atoms with Gasteiger partial charge >= 0.3 is 5.97 Å². The Labute approximate surface area is 138 Å². The first-order valence-corrected chi connectivity index (χ1v) is 8.08. The first kappa shape index (κ1) is 15.9. The van der Waals surface area contributed by atoms with Gasteiger partial charge in [-0.05, 0) is 19.2 Å². The number of benzene rings is 1. The van der Waals surface area contributed by atoms with Crippen LogP contribution in [-0.4, -0.2) is 60.0 Å². The molecular formula is C17H19F2NO4. The molecule has 0 aromatic heterocycles. The lowest BCUT2D eigenvalue weighted by Gasteiger charge is -2.38. The second kappa shape index (κ2) is 5.47. The molecule has 1 aromatic rings. The van der Waals surface area contributed by atoms with Gasteiger partial charge in [0.1, 0.15) is 24.1 Å². The summed E-state index contributed by atoms with van der Waals surface area (Å²) in [5, 5.41) is 9.41. The van der Waals surface area contributed by atoms with Gasteiger partial charge in [0.2, 0.25) is 0 Å². The number of nitrogens with zero attached hydrogens (tertiary/aromatic N) is 1. The monoisotopic (exact) mass is 339 g/mol. The zero-order valence-corrected chi connectivity index (χ0v) is 13.2. The maximum atomic E-state index is 15.0. The average molecular weight is 339 g/mol. The number of alkyl halides is 1. The van der Waals surface area contributed by atoms with Gasteiger partial charge in [0, 0.05) is 30.5 Å². The molecule has 1 aromatic carbocycles. The van der Waals surface area contributed by atoms with Crippen LogP contribution in [0, 0.1) is 5.82 Å². The summed E-state index contributed by atoms with van der Waals surface area (Å²) >= 11 is 0. The lowest BCUT2D eigenvalue weighted by Crippen LogP contribution is -2.49. The Balaban J connectivity index is 1.49. The molecule has 7 heteroatoms. The van der Waals surface area contributed by atoms with E-state index in [-0.39, 0.29) is 29.9 Å². The molecule has 3 heterocycles. The van der Waals surface area contributed by atoms with E-state index >= 15 is 4.39 Å². The second-order valence-corrected chi connectivity index (χ2v) is 6.83. The quantitative estimate of drug-likeness (QED) is 0.658. The van der Waals surface area contributed by atoms with E-state index in [1.165, 1.54) is 12.1 Å². The molecule has 5 nitrogen and oxygen atoms in total. The van der Waals surface area contributed by atoms with Gasteiger partial charge in [-0.2, -0.15) is 0 Å². The summed E-state index contributed by atoms with van der Waals surface area (Å²) in [6.45, 7) is -1.09. The number of carbonyl (C=O) groups is 1. The Bertz CT molecular complexity index is 654. The van der Waals surface area contributed by atoms with Crippen molar-refractivity contribution < 1.29 is 28.2 Å². The van der Waals surface area contributed by atoms with Gasteiger partial charge in [0.15, 0.2) is 0 Å². The third-order valence-electron chi connectivity index (χ3n) is 5.47. The van der Waals surface area contributed by atoms with Gasteiger partial charge in [0.05, 0.1) is 6.61 Å². The van der Waals surface area contributed by atoms with Crippen molar-refractivity contribution >= 4 is 5.97 Å². The number of epoxide rings is 1. The highest BCUT2D eigenvalue weighted by molar-refractivity contribution is 5.81. The molecule has 0 spiro atoms. The summed E-state index contributed by atoms with van der Waals surface area (Å²) in [6.07, 6.45) is 1.09. The summed E-state index contributed by atoms with van der Waals surface area (Å²) in [5.41, 5.74) is -3.00. The molecular weight excluding hydrogens is 320 g/mol. The third kappa shape index (κ3) is 2.34. The lowest BCUT2D eigenvalue weighted by molar-refractivity contribution is -0.171. The van der Waals surface area contributed by atoms with Crippen LogP contribution in [0.5, 0.6) is 0 Å². The predicted octanol–water partition coefficient (Wildman–Crippen LogP) is 1.14. The number of halogens is 2. The molecule has 3 saturated heterocycles. The Morgan fingerprint density at radius 2 is 2.08 bits per heavy atom. The van der Waals surface area contributed by atoms with E-state index in [0.717, 1.165) is 12.1 Å². The van der Waals surface area contributed by atoms with Gasteiger partial charge in [-0.15, -0.1) is 0 Å². The van der Waals surface area contributed by atoms with Crippen molar-refractivity contribution in [1.82, 2.24) is 4.90 Å². The van der Waals surface area contributed by atoms with Crippen LogP contribution in [0.1, 0.15) is 18.4 Å². The third-order valence-corrected chi connectivity index (χ3v) is 5.47. The van der Waals surface area contributed by atoms with E-state index in [1.807, 2.05) is 7.05 Å². The normalized spacial score (nSPS) is 36.8. The number of ether oxygens (including phenoxy) is 2. The summed E-state index contributed by atoms with van der Waals surface area (Å²) in [7, 11) is 2.02. The minimum absolute atomic E-state index is 0.170. The maximum absolute atomic E-state index is 15.0. The number of aliphatic hydroxyl groups is 1. The number of hydrogen-bond acceptors (Lipinski definition) is 5. The molecule has 3 aliphatic heterocycles.